The summed E-state index contributed by atoms with van der Waals surface area (Å²) in [5.74, 6) is 0.289. The van der Waals surface area contributed by atoms with E-state index in [1.54, 1.807) is 17.2 Å². The number of aromatic nitrogens is 5. The molecule has 0 bridgehead atoms. The lowest BCUT2D eigenvalue weighted by Crippen LogP contribution is -2.45. The smallest absolute Gasteiger partial charge is 0.247 e. The molecule has 1 aliphatic rings. The average molecular weight is 302 g/mol. The second-order valence-corrected chi connectivity index (χ2v) is 6.13. The fourth-order valence-electron chi connectivity index (χ4n) is 3.12. The number of nitrogens with zero attached hydrogens (tertiary/aromatic N) is 6. The molecular formula is C15H22N6O. The summed E-state index contributed by atoms with van der Waals surface area (Å²) in [6.45, 7) is 5.59. The number of hydrogen-bond acceptors (Lipinski definition) is 4. The Balaban J connectivity index is 1.75. The molecule has 0 radical (unpaired) electrons. The van der Waals surface area contributed by atoms with Gasteiger partial charge in [0.05, 0.1) is 6.04 Å². The van der Waals surface area contributed by atoms with Crippen molar-refractivity contribution in [2.45, 2.75) is 38.8 Å². The first kappa shape index (κ1) is 14.7. The molecule has 1 amide bonds. The van der Waals surface area contributed by atoms with Gasteiger partial charge in [-0.3, -0.25) is 9.48 Å². The van der Waals surface area contributed by atoms with Crippen molar-refractivity contribution in [1.82, 2.24) is 29.4 Å². The van der Waals surface area contributed by atoms with Crippen LogP contribution >= 0.6 is 0 Å². The van der Waals surface area contributed by atoms with Crippen molar-refractivity contribution >= 4 is 5.91 Å². The van der Waals surface area contributed by atoms with Crippen LogP contribution in [0.4, 0.5) is 0 Å². The molecule has 7 nitrogen and oxygen atoms in total. The average Bonchev–Trinajstić information content (AvgIpc) is 3.21. The third-order valence-corrected chi connectivity index (χ3v) is 4.21. The fourth-order valence-corrected chi connectivity index (χ4v) is 3.12. The van der Waals surface area contributed by atoms with Gasteiger partial charge in [0.15, 0.2) is 0 Å². The SMILES string of the molecule is CC(C)[C@H](C(=O)N1CCC[C@H](n2cccn2)C1)n1cncn1. The largest absolute Gasteiger partial charge is 0.339 e. The van der Waals surface area contributed by atoms with Gasteiger partial charge in [0.1, 0.15) is 18.7 Å². The van der Waals surface area contributed by atoms with E-state index in [9.17, 15) is 4.79 Å². The minimum Gasteiger partial charge on any atom is -0.339 e. The van der Waals surface area contributed by atoms with E-state index in [2.05, 4.69) is 15.2 Å². The number of carbonyl (C=O) groups is 1. The predicted molar refractivity (Wildman–Crippen MR) is 81.0 cm³/mol. The molecule has 0 unspecified atom stereocenters. The molecule has 3 rings (SSSR count). The van der Waals surface area contributed by atoms with Crippen LogP contribution in [-0.2, 0) is 4.79 Å². The normalized spacial score (nSPS) is 20.3. The van der Waals surface area contributed by atoms with Gasteiger partial charge in [-0.1, -0.05) is 13.8 Å². The minimum absolute atomic E-state index is 0.123. The van der Waals surface area contributed by atoms with Crippen LogP contribution in [0.5, 0.6) is 0 Å². The Bertz CT molecular complexity index is 592. The Hall–Kier alpha value is -2.18. The first-order valence-corrected chi connectivity index (χ1v) is 7.79. The number of amides is 1. The van der Waals surface area contributed by atoms with Gasteiger partial charge in [-0.2, -0.15) is 10.2 Å². The lowest BCUT2D eigenvalue weighted by Gasteiger charge is -2.35. The summed E-state index contributed by atoms with van der Waals surface area (Å²) in [7, 11) is 0. The standard InChI is InChI=1S/C15H22N6O/c1-12(2)14(21-11-16-10-18-21)15(22)19-7-3-5-13(9-19)20-8-4-6-17-20/h4,6,8,10-14H,3,5,7,9H2,1-2H3/t13-,14+/m0/s1. The summed E-state index contributed by atoms with van der Waals surface area (Å²) < 4.78 is 3.63. The third-order valence-electron chi connectivity index (χ3n) is 4.21. The summed E-state index contributed by atoms with van der Waals surface area (Å²) in [5.41, 5.74) is 0. The third kappa shape index (κ3) is 2.88. The highest BCUT2D eigenvalue weighted by Gasteiger charge is 2.32. The molecule has 118 valence electrons. The van der Waals surface area contributed by atoms with Gasteiger partial charge in [-0.15, -0.1) is 0 Å². The number of rotatable bonds is 4. The van der Waals surface area contributed by atoms with Crippen molar-refractivity contribution in [3.63, 3.8) is 0 Å². The maximum atomic E-state index is 13.0. The molecule has 0 spiro atoms. The first-order valence-electron chi connectivity index (χ1n) is 7.79. The highest BCUT2D eigenvalue weighted by atomic mass is 16.2. The zero-order valence-corrected chi connectivity index (χ0v) is 13.0. The summed E-state index contributed by atoms with van der Waals surface area (Å²) in [4.78, 5) is 18.9. The Kier molecular flexibility index (Phi) is 4.22. The van der Waals surface area contributed by atoms with Gasteiger partial charge in [0, 0.05) is 25.5 Å². The van der Waals surface area contributed by atoms with E-state index in [0.29, 0.717) is 6.54 Å². The molecule has 1 fully saturated rings. The summed E-state index contributed by atoms with van der Waals surface area (Å²) in [6.07, 6.45) is 8.91. The molecule has 0 aliphatic carbocycles. The zero-order chi connectivity index (χ0) is 15.5. The van der Waals surface area contributed by atoms with E-state index in [0.717, 1.165) is 19.4 Å². The second kappa shape index (κ2) is 6.29. The van der Waals surface area contributed by atoms with Crippen molar-refractivity contribution in [2.75, 3.05) is 13.1 Å². The van der Waals surface area contributed by atoms with Crippen LogP contribution in [0, 0.1) is 5.92 Å². The number of hydrogen-bond donors (Lipinski definition) is 0. The Labute approximate surface area is 129 Å². The van der Waals surface area contributed by atoms with Crippen LogP contribution in [0.3, 0.4) is 0 Å². The molecule has 0 N–H and O–H groups in total. The van der Waals surface area contributed by atoms with Gasteiger partial charge in [0.25, 0.3) is 0 Å². The van der Waals surface area contributed by atoms with E-state index < -0.39 is 0 Å². The second-order valence-electron chi connectivity index (χ2n) is 6.13. The van der Waals surface area contributed by atoms with Crippen LogP contribution in [-0.4, -0.2) is 48.4 Å². The van der Waals surface area contributed by atoms with Gasteiger partial charge in [-0.25, -0.2) is 9.67 Å². The predicted octanol–water partition coefficient (Wildman–Crippen LogP) is 1.54. The molecule has 3 heterocycles. The maximum Gasteiger partial charge on any atom is 0.247 e. The topological polar surface area (TPSA) is 68.8 Å². The van der Waals surface area contributed by atoms with E-state index in [1.807, 2.05) is 35.7 Å². The van der Waals surface area contributed by atoms with E-state index >= 15 is 0 Å². The van der Waals surface area contributed by atoms with Crippen molar-refractivity contribution in [1.29, 1.82) is 0 Å². The van der Waals surface area contributed by atoms with Crippen LogP contribution in [0.15, 0.2) is 31.1 Å². The quantitative estimate of drug-likeness (QED) is 0.859. The van der Waals surface area contributed by atoms with Crippen LogP contribution < -0.4 is 0 Å². The first-order chi connectivity index (χ1) is 10.7. The molecule has 2 aromatic rings. The van der Waals surface area contributed by atoms with Gasteiger partial charge >= 0.3 is 0 Å². The van der Waals surface area contributed by atoms with Crippen molar-refractivity contribution in [3.05, 3.63) is 31.1 Å². The molecule has 2 aromatic heterocycles. The van der Waals surface area contributed by atoms with Crippen LogP contribution in [0.2, 0.25) is 0 Å². The van der Waals surface area contributed by atoms with Crippen molar-refractivity contribution < 1.29 is 4.79 Å². The van der Waals surface area contributed by atoms with E-state index in [-0.39, 0.29) is 23.9 Å². The van der Waals surface area contributed by atoms with Gasteiger partial charge in [-0.05, 0) is 24.8 Å². The monoisotopic (exact) mass is 302 g/mol. The molecule has 0 saturated carbocycles. The highest BCUT2D eigenvalue weighted by Crippen LogP contribution is 2.25. The molecular weight excluding hydrogens is 280 g/mol. The zero-order valence-electron chi connectivity index (χ0n) is 13.0. The van der Waals surface area contributed by atoms with Crippen LogP contribution in [0.25, 0.3) is 0 Å². The molecule has 22 heavy (non-hydrogen) atoms. The molecule has 1 saturated heterocycles. The molecule has 7 heteroatoms. The molecule has 2 atom stereocenters. The Morgan fingerprint density at radius 3 is 2.82 bits per heavy atom. The highest BCUT2D eigenvalue weighted by molar-refractivity contribution is 5.80. The summed E-state index contributed by atoms with van der Waals surface area (Å²) in [6, 6.07) is 1.89. The van der Waals surface area contributed by atoms with Crippen LogP contribution in [0.1, 0.15) is 38.8 Å². The van der Waals surface area contributed by atoms with Crippen molar-refractivity contribution in [3.8, 4) is 0 Å². The van der Waals surface area contributed by atoms with E-state index in [4.69, 9.17) is 0 Å². The molecule has 1 aliphatic heterocycles. The van der Waals surface area contributed by atoms with Gasteiger partial charge in [0.2, 0.25) is 5.91 Å². The van der Waals surface area contributed by atoms with Gasteiger partial charge < -0.3 is 4.90 Å². The minimum atomic E-state index is -0.293. The summed E-state index contributed by atoms with van der Waals surface area (Å²) in [5, 5.41) is 8.48. The maximum absolute atomic E-state index is 13.0. The fraction of sp³-hybridized carbons (Fsp3) is 0.600. The van der Waals surface area contributed by atoms with Crippen molar-refractivity contribution in [2.24, 2.45) is 5.92 Å². The number of likely N-dealkylation sites (tertiary alicyclic amines) is 1. The number of carbonyl (C=O) groups excluding carboxylic acids is 1. The molecule has 0 aromatic carbocycles. The Morgan fingerprint density at radius 1 is 1.32 bits per heavy atom. The number of piperidine rings is 1. The summed E-state index contributed by atoms with van der Waals surface area (Å²) >= 11 is 0. The lowest BCUT2D eigenvalue weighted by atomic mass is 10.00. The Morgan fingerprint density at radius 2 is 2.18 bits per heavy atom. The lowest BCUT2D eigenvalue weighted by molar-refractivity contribution is -0.138. The van der Waals surface area contributed by atoms with E-state index in [1.165, 1.54) is 6.33 Å².